The Kier molecular flexibility index (Phi) is 6.63. The smallest absolute Gasteiger partial charge is 0.278 e. The van der Waals surface area contributed by atoms with Gasteiger partial charge in [0.15, 0.2) is 0 Å². The molecule has 2 aliphatic rings. The summed E-state index contributed by atoms with van der Waals surface area (Å²) in [6.07, 6.45) is 10.5. The van der Waals surface area contributed by atoms with Gasteiger partial charge in [-0.25, -0.2) is 24.4 Å². The fourth-order valence-corrected chi connectivity index (χ4v) is 5.64. The van der Waals surface area contributed by atoms with Gasteiger partial charge in [-0.1, -0.05) is 25.7 Å². The number of amides is 1. The van der Waals surface area contributed by atoms with Crippen LogP contribution in [0.1, 0.15) is 61.7 Å². The summed E-state index contributed by atoms with van der Waals surface area (Å²) in [5.41, 5.74) is 5.49. The summed E-state index contributed by atoms with van der Waals surface area (Å²) >= 11 is 0. The zero-order valence-corrected chi connectivity index (χ0v) is 21.0. The Balaban J connectivity index is 1.54. The fraction of sp³-hybridized carbons (Fsp3) is 0.357. The van der Waals surface area contributed by atoms with E-state index in [9.17, 15) is 14.4 Å². The minimum absolute atomic E-state index is 0.189. The average Bonchev–Trinajstić information content (AvgIpc) is 3.71. The molecule has 0 radical (unpaired) electrons. The molecule has 4 N–H and O–H groups in total. The van der Waals surface area contributed by atoms with E-state index in [4.69, 9.17) is 10.1 Å². The number of hydrogen-bond acceptors (Lipinski definition) is 7. The van der Waals surface area contributed by atoms with Gasteiger partial charge in [-0.2, -0.15) is 5.10 Å². The monoisotopic (exact) mass is 515 g/mol. The summed E-state index contributed by atoms with van der Waals surface area (Å²) in [6.45, 7) is 0. The maximum Gasteiger partial charge on any atom is 0.278 e. The first-order chi connectivity index (χ1) is 18.6. The molecule has 6 rings (SSSR count). The van der Waals surface area contributed by atoms with E-state index < -0.39 is 5.91 Å². The molecule has 3 heterocycles. The van der Waals surface area contributed by atoms with E-state index in [-0.39, 0.29) is 17.4 Å². The van der Waals surface area contributed by atoms with E-state index in [0.29, 0.717) is 34.8 Å². The third-order valence-electron chi connectivity index (χ3n) is 7.56. The van der Waals surface area contributed by atoms with Gasteiger partial charge in [-0.15, -0.1) is 0 Å². The van der Waals surface area contributed by atoms with E-state index in [1.54, 1.807) is 40.5 Å². The molecule has 0 spiro atoms. The van der Waals surface area contributed by atoms with Gasteiger partial charge in [0, 0.05) is 23.8 Å². The van der Waals surface area contributed by atoms with Crippen molar-refractivity contribution in [2.75, 3.05) is 10.6 Å². The van der Waals surface area contributed by atoms with Crippen molar-refractivity contribution in [2.24, 2.45) is 0 Å². The van der Waals surface area contributed by atoms with Gasteiger partial charge >= 0.3 is 0 Å². The molecule has 0 saturated heterocycles. The number of aromatic nitrogens is 4. The quantitative estimate of drug-likeness (QED) is 0.192. The second-order valence-electron chi connectivity index (χ2n) is 10.1. The number of carbonyl (C=O) groups is 1. The van der Waals surface area contributed by atoms with Crippen LogP contribution in [-0.4, -0.2) is 42.8 Å². The summed E-state index contributed by atoms with van der Waals surface area (Å²) in [6, 6.07) is 12.0. The van der Waals surface area contributed by atoms with Crippen molar-refractivity contribution in [1.82, 2.24) is 25.1 Å². The van der Waals surface area contributed by atoms with Crippen LogP contribution in [0.4, 0.5) is 16.2 Å². The lowest BCUT2D eigenvalue weighted by Crippen LogP contribution is -2.25. The molecule has 2 fully saturated rings. The van der Waals surface area contributed by atoms with E-state index in [2.05, 4.69) is 15.6 Å². The standard InChI is InChI=1S/C28H30FN7O2/c29-18-11-9-17(10-12-18)25-24(22-15-16-30-28(33-22)32-20-7-3-4-8-20)23-14-13-21(27(37)35-38)26(36(23)34-25)31-19-5-1-2-6-19/h9-16,19-20,31,38H,1-8H2,(H,35,37)(H,30,32,33). The van der Waals surface area contributed by atoms with Gasteiger partial charge < -0.3 is 10.6 Å². The highest BCUT2D eigenvalue weighted by molar-refractivity contribution is 6.00. The zero-order valence-electron chi connectivity index (χ0n) is 21.0. The summed E-state index contributed by atoms with van der Waals surface area (Å²) in [5.74, 6) is 0.0841. The molecule has 196 valence electrons. The molecule has 10 heteroatoms. The fourth-order valence-electron chi connectivity index (χ4n) is 5.64. The lowest BCUT2D eigenvalue weighted by atomic mass is 10.0. The highest BCUT2D eigenvalue weighted by Gasteiger charge is 2.26. The van der Waals surface area contributed by atoms with Crippen LogP contribution in [0.5, 0.6) is 0 Å². The van der Waals surface area contributed by atoms with Gasteiger partial charge in [-0.05, 0) is 68.1 Å². The average molecular weight is 516 g/mol. The van der Waals surface area contributed by atoms with Crippen LogP contribution in [0.25, 0.3) is 28.0 Å². The number of rotatable bonds is 7. The summed E-state index contributed by atoms with van der Waals surface area (Å²) in [5, 5.41) is 21.3. The van der Waals surface area contributed by atoms with E-state index in [1.165, 1.54) is 25.0 Å². The molecular formula is C28H30FN7O2. The predicted molar refractivity (Wildman–Crippen MR) is 143 cm³/mol. The molecule has 2 saturated carbocycles. The van der Waals surface area contributed by atoms with Crippen LogP contribution in [0.15, 0.2) is 48.7 Å². The third-order valence-corrected chi connectivity index (χ3v) is 7.56. The lowest BCUT2D eigenvalue weighted by molar-refractivity contribution is 0.0706. The zero-order chi connectivity index (χ0) is 26.1. The predicted octanol–water partition coefficient (Wildman–Crippen LogP) is 5.43. The summed E-state index contributed by atoms with van der Waals surface area (Å²) in [7, 11) is 0. The molecule has 0 atom stereocenters. The van der Waals surface area contributed by atoms with Crippen LogP contribution in [-0.2, 0) is 0 Å². The van der Waals surface area contributed by atoms with Gasteiger partial charge in [0.05, 0.1) is 22.3 Å². The molecular weight excluding hydrogens is 485 g/mol. The van der Waals surface area contributed by atoms with Crippen molar-refractivity contribution in [3.05, 3.63) is 60.0 Å². The Hall–Kier alpha value is -4.05. The van der Waals surface area contributed by atoms with Crippen molar-refractivity contribution in [1.29, 1.82) is 0 Å². The maximum atomic E-state index is 13.8. The Morgan fingerprint density at radius 1 is 0.921 bits per heavy atom. The summed E-state index contributed by atoms with van der Waals surface area (Å²) < 4.78 is 15.5. The van der Waals surface area contributed by atoms with Gasteiger partial charge in [0.25, 0.3) is 5.91 Å². The molecule has 1 amide bonds. The molecule has 0 bridgehead atoms. The first kappa shape index (κ1) is 24.3. The minimum atomic E-state index is -0.627. The number of carbonyl (C=O) groups excluding carboxylic acids is 1. The number of halogens is 1. The number of nitrogens with one attached hydrogen (secondary N) is 3. The highest BCUT2D eigenvalue weighted by atomic mass is 19.1. The second-order valence-corrected chi connectivity index (χ2v) is 10.1. The van der Waals surface area contributed by atoms with Crippen LogP contribution in [0.2, 0.25) is 0 Å². The second kappa shape index (κ2) is 10.4. The first-order valence-corrected chi connectivity index (χ1v) is 13.2. The Morgan fingerprint density at radius 3 is 2.29 bits per heavy atom. The van der Waals surface area contributed by atoms with E-state index >= 15 is 0 Å². The van der Waals surface area contributed by atoms with Crippen LogP contribution in [0, 0.1) is 5.82 Å². The van der Waals surface area contributed by atoms with Crippen LogP contribution in [0.3, 0.4) is 0 Å². The van der Waals surface area contributed by atoms with Crippen LogP contribution >= 0.6 is 0 Å². The maximum absolute atomic E-state index is 13.8. The first-order valence-electron chi connectivity index (χ1n) is 13.2. The van der Waals surface area contributed by atoms with Crippen molar-refractivity contribution < 1.29 is 14.4 Å². The van der Waals surface area contributed by atoms with Crippen molar-refractivity contribution >= 4 is 23.2 Å². The third kappa shape index (κ3) is 4.67. The minimum Gasteiger partial charge on any atom is -0.367 e. The number of hydrogen-bond donors (Lipinski definition) is 4. The Labute approximate surface area is 219 Å². The number of fused-ring (bicyclic) bond motifs is 1. The van der Waals surface area contributed by atoms with Crippen molar-refractivity contribution in [2.45, 2.75) is 63.5 Å². The van der Waals surface area contributed by atoms with Gasteiger partial charge in [0.2, 0.25) is 5.95 Å². The molecule has 0 unspecified atom stereocenters. The largest absolute Gasteiger partial charge is 0.367 e. The molecule has 38 heavy (non-hydrogen) atoms. The Bertz CT molecular complexity index is 1460. The van der Waals surface area contributed by atoms with E-state index in [0.717, 1.165) is 49.6 Å². The Morgan fingerprint density at radius 2 is 1.61 bits per heavy atom. The van der Waals surface area contributed by atoms with Gasteiger partial charge in [-0.3, -0.25) is 10.0 Å². The SMILES string of the molecule is O=C(NO)c1ccc2c(-c3ccnc(NC4CCCC4)n3)c(-c3ccc(F)cc3)nn2c1NC1CCCC1. The lowest BCUT2D eigenvalue weighted by Gasteiger charge is -2.17. The molecule has 2 aliphatic carbocycles. The van der Waals surface area contributed by atoms with Gasteiger partial charge in [0.1, 0.15) is 17.3 Å². The number of pyridine rings is 1. The molecule has 0 aliphatic heterocycles. The summed E-state index contributed by atoms with van der Waals surface area (Å²) in [4.78, 5) is 21.9. The highest BCUT2D eigenvalue weighted by Crippen LogP contribution is 2.37. The topological polar surface area (TPSA) is 116 Å². The van der Waals surface area contributed by atoms with Crippen molar-refractivity contribution in [3.8, 4) is 22.5 Å². The normalized spacial score (nSPS) is 16.3. The molecule has 3 aromatic heterocycles. The number of nitrogens with zero attached hydrogens (tertiary/aromatic N) is 4. The molecule has 9 nitrogen and oxygen atoms in total. The number of hydroxylamine groups is 1. The van der Waals surface area contributed by atoms with Crippen molar-refractivity contribution in [3.63, 3.8) is 0 Å². The van der Waals surface area contributed by atoms with Crippen LogP contribution < -0.4 is 16.1 Å². The molecule has 1 aromatic carbocycles. The number of benzene rings is 1. The van der Waals surface area contributed by atoms with E-state index in [1.807, 2.05) is 6.07 Å². The molecule has 4 aromatic rings. The number of anilines is 2.